The number of halogens is 2. The van der Waals surface area contributed by atoms with Crippen molar-refractivity contribution >= 4 is 5.91 Å². The van der Waals surface area contributed by atoms with Crippen LogP contribution in [0.25, 0.3) is 0 Å². The van der Waals surface area contributed by atoms with Crippen molar-refractivity contribution in [2.24, 2.45) is 0 Å². The molecule has 2 N–H and O–H groups in total. The minimum absolute atomic E-state index is 0.0622. The summed E-state index contributed by atoms with van der Waals surface area (Å²) in [6.45, 7) is 3.82. The van der Waals surface area contributed by atoms with E-state index >= 15 is 0 Å². The van der Waals surface area contributed by atoms with Crippen molar-refractivity contribution in [2.45, 2.75) is 19.8 Å². The Morgan fingerprint density at radius 1 is 1.17 bits per heavy atom. The fourth-order valence-electron chi connectivity index (χ4n) is 1.57. The molecule has 1 rings (SSSR count). The SMILES string of the molecule is CCNCCC(=O)NCCc1cc(F)cc(F)c1. The molecule has 0 aromatic heterocycles. The molecule has 0 saturated carbocycles. The molecule has 1 aromatic rings. The summed E-state index contributed by atoms with van der Waals surface area (Å²) in [5.74, 6) is -1.25. The van der Waals surface area contributed by atoms with Crippen molar-refractivity contribution in [1.29, 1.82) is 0 Å². The third-order valence-corrected chi connectivity index (χ3v) is 2.44. The third-order valence-electron chi connectivity index (χ3n) is 2.44. The maximum Gasteiger partial charge on any atom is 0.221 e. The van der Waals surface area contributed by atoms with E-state index in [1.807, 2.05) is 6.92 Å². The van der Waals surface area contributed by atoms with Crippen molar-refractivity contribution < 1.29 is 13.6 Å². The molecule has 0 unspecified atom stereocenters. The van der Waals surface area contributed by atoms with Crippen molar-refractivity contribution in [3.05, 3.63) is 35.4 Å². The number of benzene rings is 1. The van der Waals surface area contributed by atoms with Gasteiger partial charge in [-0.1, -0.05) is 6.92 Å². The maximum atomic E-state index is 12.9. The molecule has 18 heavy (non-hydrogen) atoms. The van der Waals surface area contributed by atoms with Gasteiger partial charge < -0.3 is 10.6 Å². The zero-order chi connectivity index (χ0) is 13.4. The summed E-state index contributed by atoms with van der Waals surface area (Å²) >= 11 is 0. The fourth-order valence-corrected chi connectivity index (χ4v) is 1.57. The molecule has 0 aliphatic rings. The van der Waals surface area contributed by atoms with E-state index in [-0.39, 0.29) is 5.91 Å². The zero-order valence-electron chi connectivity index (χ0n) is 10.4. The molecule has 5 heteroatoms. The van der Waals surface area contributed by atoms with E-state index in [2.05, 4.69) is 10.6 Å². The standard InChI is InChI=1S/C13H18F2N2O/c1-2-16-5-4-13(18)17-6-3-10-7-11(14)9-12(15)8-10/h7-9,16H,2-6H2,1H3,(H,17,18). The van der Waals surface area contributed by atoms with Gasteiger partial charge in [-0.25, -0.2) is 8.78 Å². The molecule has 1 aromatic carbocycles. The predicted molar refractivity (Wildman–Crippen MR) is 66.2 cm³/mol. The molecule has 0 spiro atoms. The van der Waals surface area contributed by atoms with E-state index in [9.17, 15) is 13.6 Å². The van der Waals surface area contributed by atoms with Crippen LogP contribution in [0.2, 0.25) is 0 Å². The number of hydrogen-bond acceptors (Lipinski definition) is 2. The molecule has 0 fully saturated rings. The largest absolute Gasteiger partial charge is 0.356 e. The highest BCUT2D eigenvalue weighted by Gasteiger charge is 2.02. The zero-order valence-corrected chi connectivity index (χ0v) is 10.4. The Morgan fingerprint density at radius 3 is 2.44 bits per heavy atom. The first kappa shape index (κ1) is 14.6. The summed E-state index contributed by atoms with van der Waals surface area (Å²) in [5.41, 5.74) is 0.541. The Kier molecular flexibility index (Phi) is 6.28. The van der Waals surface area contributed by atoms with E-state index in [0.29, 0.717) is 31.5 Å². The number of carbonyl (C=O) groups excluding carboxylic acids is 1. The third kappa shape index (κ3) is 5.72. The van der Waals surface area contributed by atoms with Gasteiger partial charge in [0.15, 0.2) is 0 Å². The topological polar surface area (TPSA) is 41.1 Å². The Morgan fingerprint density at radius 2 is 1.83 bits per heavy atom. The van der Waals surface area contributed by atoms with Crippen molar-refractivity contribution in [3.63, 3.8) is 0 Å². The minimum atomic E-state index is -0.594. The van der Waals surface area contributed by atoms with Crippen LogP contribution >= 0.6 is 0 Å². The maximum absolute atomic E-state index is 12.9. The molecule has 0 aliphatic heterocycles. The van der Waals surface area contributed by atoms with Gasteiger partial charge in [0, 0.05) is 25.6 Å². The molecule has 0 bridgehead atoms. The summed E-state index contributed by atoms with van der Waals surface area (Å²) in [6, 6.07) is 3.38. The molecule has 100 valence electrons. The highest BCUT2D eigenvalue weighted by Crippen LogP contribution is 2.07. The first-order chi connectivity index (χ1) is 8.61. The van der Waals surface area contributed by atoms with E-state index in [0.717, 1.165) is 12.6 Å². The van der Waals surface area contributed by atoms with Gasteiger partial charge in [-0.15, -0.1) is 0 Å². The fraction of sp³-hybridized carbons (Fsp3) is 0.462. The smallest absolute Gasteiger partial charge is 0.221 e. The number of carbonyl (C=O) groups is 1. The van der Waals surface area contributed by atoms with Gasteiger partial charge in [-0.3, -0.25) is 4.79 Å². The van der Waals surface area contributed by atoms with Crippen LogP contribution in [0.15, 0.2) is 18.2 Å². The number of hydrogen-bond donors (Lipinski definition) is 2. The van der Waals surface area contributed by atoms with Crippen LogP contribution in [0, 0.1) is 11.6 Å². The van der Waals surface area contributed by atoms with Crippen LogP contribution in [0.1, 0.15) is 18.9 Å². The highest BCUT2D eigenvalue weighted by molar-refractivity contribution is 5.76. The van der Waals surface area contributed by atoms with E-state index in [4.69, 9.17) is 0 Å². The molecule has 3 nitrogen and oxygen atoms in total. The summed E-state index contributed by atoms with van der Waals surface area (Å²) in [4.78, 5) is 11.3. The molecule has 0 radical (unpaired) electrons. The summed E-state index contributed by atoms with van der Waals surface area (Å²) in [6.07, 6.45) is 0.826. The van der Waals surface area contributed by atoms with Gasteiger partial charge in [0.1, 0.15) is 11.6 Å². The lowest BCUT2D eigenvalue weighted by atomic mass is 10.1. The second-order valence-electron chi connectivity index (χ2n) is 3.98. The Bertz CT molecular complexity index is 376. The van der Waals surface area contributed by atoms with Gasteiger partial charge in [0.05, 0.1) is 0 Å². The first-order valence-electron chi connectivity index (χ1n) is 6.04. The van der Waals surface area contributed by atoms with Crippen LogP contribution in [0.4, 0.5) is 8.78 Å². The second kappa shape index (κ2) is 7.76. The lowest BCUT2D eigenvalue weighted by Gasteiger charge is -2.06. The monoisotopic (exact) mass is 256 g/mol. The average Bonchev–Trinajstić information content (AvgIpc) is 2.28. The molecule has 1 amide bonds. The molecule has 0 saturated heterocycles. The molecular weight excluding hydrogens is 238 g/mol. The van der Waals surface area contributed by atoms with Gasteiger partial charge in [0.2, 0.25) is 5.91 Å². The first-order valence-corrected chi connectivity index (χ1v) is 6.04. The normalized spacial score (nSPS) is 10.4. The molecule has 0 heterocycles. The van der Waals surface area contributed by atoms with Crippen molar-refractivity contribution in [1.82, 2.24) is 10.6 Å². The number of amides is 1. The van der Waals surface area contributed by atoms with Crippen molar-refractivity contribution in [3.8, 4) is 0 Å². The lowest BCUT2D eigenvalue weighted by molar-refractivity contribution is -0.120. The van der Waals surface area contributed by atoms with Gasteiger partial charge in [-0.2, -0.15) is 0 Å². The van der Waals surface area contributed by atoms with Crippen LogP contribution in [-0.4, -0.2) is 25.5 Å². The van der Waals surface area contributed by atoms with Crippen LogP contribution in [0.5, 0.6) is 0 Å². The molecule has 0 atom stereocenters. The van der Waals surface area contributed by atoms with Crippen LogP contribution in [-0.2, 0) is 11.2 Å². The van der Waals surface area contributed by atoms with Crippen LogP contribution < -0.4 is 10.6 Å². The summed E-state index contributed by atoms with van der Waals surface area (Å²) < 4.78 is 25.8. The lowest BCUT2D eigenvalue weighted by Crippen LogP contribution is -2.29. The van der Waals surface area contributed by atoms with Gasteiger partial charge in [-0.05, 0) is 30.7 Å². The average molecular weight is 256 g/mol. The number of nitrogens with one attached hydrogen (secondary N) is 2. The van der Waals surface area contributed by atoms with E-state index in [1.165, 1.54) is 12.1 Å². The second-order valence-corrected chi connectivity index (χ2v) is 3.98. The summed E-state index contributed by atoms with van der Waals surface area (Å²) in [7, 11) is 0. The minimum Gasteiger partial charge on any atom is -0.356 e. The number of rotatable bonds is 7. The Balaban J connectivity index is 2.26. The van der Waals surface area contributed by atoms with Crippen LogP contribution in [0.3, 0.4) is 0 Å². The Labute approximate surface area is 106 Å². The van der Waals surface area contributed by atoms with E-state index < -0.39 is 11.6 Å². The van der Waals surface area contributed by atoms with E-state index in [1.54, 1.807) is 0 Å². The molecule has 0 aliphatic carbocycles. The quantitative estimate of drug-likeness (QED) is 0.728. The molecular formula is C13H18F2N2O. The Hall–Kier alpha value is -1.49. The van der Waals surface area contributed by atoms with Gasteiger partial charge >= 0.3 is 0 Å². The van der Waals surface area contributed by atoms with Gasteiger partial charge in [0.25, 0.3) is 0 Å². The summed E-state index contributed by atoms with van der Waals surface area (Å²) in [5, 5.41) is 5.75. The van der Waals surface area contributed by atoms with Crippen molar-refractivity contribution in [2.75, 3.05) is 19.6 Å². The predicted octanol–water partition coefficient (Wildman–Crippen LogP) is 1.62. The highest BCUT2D eigenvalue weighted by atomic mass is 19.1.